The minimum absolute atomic E-state index is 0.283. The van der Waals surface area contributed by atoms with Crippen molar-refractivity contribution >= 4 is 44.8 Å². The summed E-state index contributed by atoms with van der Waals surface area (Å²) in [7, 11) is 3.25. The fraction of sp³-hybridized carbons (Fsp3) is 0.333. The highest BCUT2D eigenvalue weighted by molar-refractivity contribution is 6.01. The Balaban J connectivity index is 1.96. The van der Waals surface area contributed by atoms with E-state index < -0.39 is 29.7 Å². The smallest absolute Gasteiger partial charge is 0.303 e. The van der Waals surface area contributed by atoms with Gasteiger partial charge in [-0.1, -0.05) is 18.2 Å². The molecule has 2 aromatic carbocycles. The van der Waals surface area contributed by atoms with Gasteiger partial charge in [0.1, 0.15) is 22.7 Å². The van der Waals surface area contributed by atoms with Crippen molar-refractivity contribution in [2.45, 2.75) is 45.5 Å². The van der Waals surface area contributed by atoms with Crippen LogP contribution in [0, 0.1) is 0 Å². The molecule has 0 bridgehead atoms. The zero-order chi connectivity index (χ0) is 25.9. The highest BCUT2D eigenvalue weighted by Crippen LogP contribution is 2.48. The highest BCUT2D eigenvalue weighted by Gasteiger charge is 2.50. The number of hydrogen-bond acceptors (Lipinski definition) is 8. The van der Waals surface area contributed by atoms with Crippen LogP contribution < -0.4 is 14.9 Å². The minimum atomic E-state index is -1.05. The Hall–Kier alpha value is -4.14. The number of methoxy groups -OCH3 is 1. The molecule has 2 atom stereocenters. The van der Waals surface area contributed by atoms with Gasteiger partial charge in [0, 0.05) is 32.3 Å². The van der Waals surface area contributed by atoms with Gasteiger partial charge >= 0.3 is 11.9 Å². The summed E-state index contributed by atoms with van der Waals surface area (Å²) < 4.78 is 25.1. The molecule has 36 heavy (non-hydrogen) atoms. The van der Waals surface area contributed by atoms with Gasteiger partial charge in [-0.3, -0.25) is 14.4 Å². The lowest BCUT2D eigenvalue weighted by Crippen LogP contribution is -2.52. The first-order valence-corrected chi connectivity index (χ1v) is 11.5. The lowest BCUT2D eigenvalue weighted by atomic mass is 9.86. The Morgan fingerprint density at radius 2 is 1.78 bits per heavy atom. The Labute approximate surface area is 206 Å². The molecule has 4 aromatic rings. The van der Waals surface area contributed by atoms with Crippen molar-refractivity contribution in [1.82, 2.24) is 9.55 Å². The largest absolute Gasteiger partial charge is 0.496 e. The van der Waals surface area contributed by atoms with Gasteiger partial charge in [0.05, 0.1) is 34.5 Å². The molecule has 1 aliphatic heterocycles. The van der Waals surface area contributed by atoms with E-state index in [0.29, 0.717) is 33.6 Å². The fourth-order valence-corrected chi connectivity index (χ4v) is 5.03. The fourth-order valence-electron chi connectivity index (χ4n) is 5.03. The van der Waals surface area contributed by atoms with E-state index in [1.807, 2.05) is 30.3 Å². The molecular weight excluding hydrogens is 464 g/mol. The van der Waals surface area contributed by atoms with Crippen molar-refractivity contribution in [2.75, 3.05) is 7.11 Å². The lowest BCUT2D eigenvalue weighted by Gasteiger charge is -2.43. The third kappa shape index (κ3) is 3.54. The van der Waals surface area contributed by atoms with Crippen LogP contribution in [-0.4, -0.2) is 40.3 Å². The van der Waals surface area contributed by atoms with Crippen molar-refractivity contribution in [3.05, 3.63) is 52.2 Å². The molecule has 1 aliphatic rings. The third-order valence-electron chi connectivity index (χ3n) is 6.52. The average Bonchev–Trinajstić information content (AvgIpc) is 2.82. The SMILES string of the molecule is COc1cc2c(c3c1c(=O)c1cc4ccccc4nc1n3C)[C@H](OC(C)=O)[C@H](OC(C)=O)C(C)(C)O2. The van der Waals surface area contributed by atoms with Gasteiger partial charge in [-0.15, -0.1) is 0 Å². The number of rotatable bonds is 3. The average molecular weight is 491 g/mol. The molecule has 3 heterocycles. The number of carbonyl (C=O) groups is 2. The molecule has 0 spiro atoms. The van der Waals surface area contributed by atoms with E-state index in [2.05, 4.69) is 0 Å². The summed E-state index contributed by atoms with van der Waals surface area (Å²) in [5.74, 6) is -0.459. The summed E-state index contributed by atoms with van der Waals surface area (Å²) in [6, 6.07) is 10.9. The number of aromatic nitrogens is 2. The topological polar surface area (TPSA) is 106 Å². The molecule has 0 aliphatic carbocycles. The number of aryl methyl sites for hydroxylation is 1. The van der Waals surface area contributed by atoms with Gasteiger partial charge in [0.2, 0.25) is 5.43 Å². The van der Waals surface area contributed by atoms with E-state index in [1.54, 1.807) is 31.5 Å². The van der Waals surface area contributed by atoms with Crippen LogP contribution in [-0.2, 0) is 26.1 Å². The number of para-hydroxylation sites is 1. The molecule has 0 saturated heterocycles. The van der Waals surface area contributed by atoms with E-state index >= 15 is 0 Å². The second-order valence-electron chi connectivity index (χ2n) is 9.42. The zero-order valence-electron chi connectivity index (χ0n) is 20.9. The molecule has 0 saturated carbocycles. The molecule has 0 fully saturated rings. The van der Waals surface area contributed by atoms with Crippen molar-refractivity contribution in [1.29, 1.82) is 0 Å². The predicted molar refractivity (Wildman–Crippen MR) is 133 cm³/mol. The molecular formula is C27H26N2O7. The third-order valence-corrected chi connectivity index (χ3v) is 6.52. The first kappa shape index (κ1) is 23.6. The molecule has 2 aromatic heterocycles. The van der Waals surface area contributed by atoms with Crippen LogP contribution in [0.2, 0.25) is 0 Å². The number of carbonyl (C=O) groups excluding carboxylic acids is 2. The first-order chi connectivity index (χ1) is 17.0. The van der Waals surface area contributed by atoms with Crippen molar-refractivity contribution in [3.63, 3.8) is 0 Å². The molecule has 9 nitrogen and oxygen atoms in total. The van der Waals surface area contributed by atoms with Crippen molar-refractivity contribution < 1.29 is 28.5 Å². The van der Waals surface area contributed by atoms with E-state index in [-0.39, 0.29) is 10.8 Å². The number of pyridine rings is 2. The number of fused-ring (bicyclic) bond motifs is 5. The molecule has 5 rings (SSSR count). The summed E-state index contributed by atoms with van der Waals surface area (Å²) in [6.07, 6.45) is -2.01. The van der Waals surface area contributed by atoms with Crippen LogP contribution in [0.1, 0.15) is 39.4 Å². The summed E-state index contributed by atoms with van der Waals surface area (Å²) in [4.78, 5) is 42.9. The van der Waals surface area contributed by atoms with Gasteiger partial charge in [0.15, 0.2) is 12.2 Å². The van der Waals surface area contributed by atoms with Crippen LogP contribution in [0.15, 0.2) is 41.2 Å². The van der Waals surface area contributed by atoms with E-state index in [4.69, 9.17) is 23.9 Å². The predicted octanol–water partition coefficient (Wildman–Crippen LogP) is 3.96. The van der Waals surface area contributed by atoms with E-state index in [1.165, 1.54) is 21.0 Å². The number of nitrogens with zero attached hydrogens (tertiary/aromatic N) is 2. The molecule has 9 heteroatoms. The zero-order valence-corrected chi connectivity index (χ0v) is 20.9. The van der Waals surface area contributed by atoms with Crippen LogP contribution in [0.25, 0.3) is 32.8 Å². The Bertz CT molecular complexity index is 1640. The summed E-state index contributed by atoms with van der Waals surface area (Å²) in [5.41, 5.74) is 0.652. The van der Waals surface area contributed by atoms with Gasteiger partial charge in [-0.2, -0.15) is 0 Å². The molecule has 0 N–H and O–H groups in total. The molecule has 0 amide bonds. The second-order valence-corrected chi connectivity index (χ2v) is 9.42. The van der Waals surface area contributed by atoms with E-state index in [0.717, 1.165) is 10.9 Å². The first-order valence-electron chi connectivity index (χ1n) is 11.5. The second kappa shape index (κ2) is 8.22. The number of benzene rings is 2. The van der Waals surface area contributed by atoms with Gasteiger partial charge < -0.3 is 23.5 Å². The standard InChI is InChI=1S/C27H26N2O7/c1-13(30)34-24-21-19(36-27(3,4)25(24)35-14(2)31)12-18(33-6)20-22(21)29(5)26-16(23(20)32)11-15-9-7-8-10-17(15)28-26/h7-12,24-25H,1-6H3/t24-,25-/m0/s1. The molecule has 186 valence electrons. The maximum Gasteiger partial charge on any atom is 0.303 e. The van der Waals surface area contributed by atoms with Crippen LogP contribution in [0.3, 0.4) is 0 Å². The maximum atomic E-state index is 13.9. The minimum Gasteiger partial charge on any atom is -0.496 e. The highest BCUT2D eigenvalue weighted by atomic mass is 16.6. The number of hydrogen-bond donors (Lipinski definition) is 0. The summed E-state index contributed by atoms with van der Waals surface area (Å²) >= 11 is 0. The number of ether oxygens (including phenoxy) is 4. The Morgan fingerprint density at radius 3 is 2.44 bits per heavy atom. The normalized spacial score (nSPS) is 18.5. The van der Waals surface area contributed by atoms with Crippen molar-refractivity contribution in [3.8, 4) is 11.5 Å². The van der Waals surface area contributed by atoms with Crippen LogP contribution in [0.4, 0.5) is 0 Å². The maximum absolute atomic E-state index is 13.9. The summed E-state index contributed by atoms with van der Waals surface area (Å²) in [5, 5.41) is 1.53. The Kier molecular flexibility index (Phi) is 5.39. The number of esters is 2. The summed E-state index contributed by atoms with van der Waals surface area (Å²) in [6.45, 7) is 6.04. The Morgan fingerprint density at radius 1 is 1.08 bits per heavy atom. The molecule has 0 radical (unpaired) electrons. The van der Waals surface area contributed by atoms with E-state index in [9.17, 15) is 14.4 Å². The van der Waals surface area contributed by atoms with Gasteiger partial charge in [-0.25, -0.2) is 4.98 Å². The molecule has 0 unspecified atom stereocenters. The van der Waals surface area contributed by atoms with Crippen molar-refractivity contribution in [2.24, 2.45) is 7.05 Å². The van der Waals surface area contributed by atoms with Gasteiger partial charge in [0.25, 0.3) is 0 Å². The quantitative estimate of drug-likeness (QED) is 0.314. The monoisotopic (exact) mass is 490 g/mol. The van der Waals surface area contributed by atoms with Crippen LogP contribution in [0.5, 0.6) is 11.5 Å². The lowest BCUT2D eigenvalue weighted by molar-refractivity contribution is -0.187. The van der Waals surface area contributed by atoms with Crippen LogP contribution >= 0.6 is 0 Å². The van der Waals surface area contributed by atoms with Gasteiger partial charge in [-0.05, 0) is 26.0 Å².